The number of fused-ring (bicyclic) bond motifs is 9. The van der Waals surface area contributed by atoms with Crippen LogP contribution in [-0.4, -0.2) is 11.8 Å². The van der Waals surface area contributed by atoms with Crippen LogP contribution in [0.25, 0.3) is 60.5 Å². The highest BCUT2D eigenvalue weighted by Crippen LogP contribution is 2.50. The first kappa shape index (κ1) is 34.0. The molecule has 1 N–H and O–H groups in total. The maximum atomic E-state index is 3.98. The molecule has 0 amide bonds. The molecule has 7 aromatic carbocycles. The number of anilines is 2. The van der Waals surface area contributed by atoms with Gasteiger partial charge in [0.05, 0.1) is 5.52 Å². The lowest BCUT2D eigenvalue weighted by atomic mass is 9.58. The average molecular weight is 713 g/mol. The molecule has 2 nitrogen and oxygen atoms in total. The van der Waals surface area contributed by atoms with Crippen molar-refractivity contribution >= 4 is 62.2 Å². The zero-order chi connectivity index (χ0) is 38.2. The Kier molecular flexibility index (Phi) is 7.10. The molecule has 10 rings (SSSR count). The number of hydrogen-bond donors (Lipinski definition) is 1. The zero-order valence-electron chi connectivity index (χ0n) is 33.7. The predicted octanol–water partition coefficient (Wildman–Crippen LogP) is 12.3. The number of nitrogens with zero attached hydrogens (tertiary/aromatic N) is 1. The van der Waals surface area contributed by atoms with E-state index in [0.717, 1.165) is 18.7 Å². The lowest BCUT2D eigenvalue weighted by Gasteiger charge is -2.27. The Hall–Kier alpha value is -5.54. The molecule has 0 atom stereocenters. The number of aryl methyl sites for hydroxylation is 1. The Morgan fingerprint density at radius 1 is 0.600 bits per heavy atom. The number of rotatable bonds is 3. The number of nitrogens with one attached hydrogen (secondary N) is 1. The van der Waals surface area contributed by atoms with E-state index in [2.05, 4.69) is 194 Å². The lowest BCUT2D eigenvalue weighted by molar-refractivity contribution is 0.590. The van der Waals surface area contributed by atoms with Gasteiger partial charge >= 0.3 is 0 Å². The van der Waals surface area contributed by atoms with E-state index in [0.29, 0.717) is 0 Å². The summed E-state index contributed by atoms with van der Waals surface area (Å²) in [6.07, 6.45) is 0. The van der Waals surface area contributed by atoms with E-state index in [1.54, 1.807) is 0 Å². The van der Waals surface area contributed by atoms with Crippen LogP contribution in [0, 0.1) is 6.92 Å². The van der Waals surface area contributed by atoms with Gasteiger partial charge < -0.3 is 9.88 Å². The molecule has 0 spiro atoms. The molecule has 0 radical (unpaired) electrons. The summed E-state index contributed by atoms with van der Waals surface area (Å²) in [4.78, 5) is 0. The molecule has 0 bridgehead atoms. The first-order chi connectivity index (χ1) is 26.2. The van der Waals surface area contributed by atoms with E-state index in [1.807, 2.05) is 0 Å². The standard InChI is InChI=1S/C52H49BN2/c1-30-24-40(48-46(25-30)55-45-23-19-32(50(2,3)4)26-38(45)39-27-33(51(5,6)7)28-43(53-48)49(39)55)47-35-15-11-10-14-31(35)18-22-44(47)54-34-20-21-42-37(29-34)36-16-12-13-17-41(36)52(42,8)9/h10-29,53-54H,1-9H3. The van der Waals surface area contributed by atoms with E-state index < -0.39 is 0 Å². The van der Waals surface area contributed by atoms with Crippen LogP contribution in [0.3, 0.4) is 0 Å². The summed E-state index contributed by atoms with van der Waals surface area (Å²) in [7, 11) is 0.876. The van der Waals surface area contributed by atoms with E-state index in [4.69, 9.17) is 0 Å². The van der Waals surface area contributed by atoms with Gasteiger partial charge in [-0.1, -0.05) is 140 Å². The van der Waals surface area contributed by atoms with Gasteiger partial charge in [0.25, 0.3) is 0 Å². The highest BCUT2D eigenvalue weighted by Gasteiger charge is 2.35. The monoisotopic (exact) mass is 712 g/mol. The summed E-state index contributed by atoms with van der Waals surface area (Å²) < 4.78 is 2.59. The molecule has 8 aromatic rings. The molecule has 1 aliphatic heterocycles. The molecule has 0 saturated heterocycles. The van der Waals surface area contributed by atoms with E-state index in [1.165, 1.54) is 99.3 Å². The van der Waals surface area contributed by atoms with Crippen LogP contribution in [0.15, 0.2) is 121 Å². The van der Waals surface area contributed by atoms with Gasteiger partial charge in [0.15, 0.2) is 7.28 Å². The second kappa shape index (κ2) is 11.5. The summed E-state index contributed by atoms with van der Waals surface area (Å²) in [5, 5.41) is 9.21. The van der Waals surface area contributed by atoms with Crippen LogP contribution >= 0.6 is 0 Å². The van der Waals surface area contributed by atoms with Gasteiger partial charge in [-0.2, -0.15) is 0 Å². The third kappa shape index (κ3) is 5.08. The van der Waals surface area contributed by atoms with E-state index >= 15 is 0 Å². The van der Waals surface area contributed by atoms with Crippen molar-refractivity contribution in [2.45, 2.75) is 78.6 Å². The Morgan fingerprint density at radius 2 is 1.33 bits per heavy atom. The van der Waals surface area contributed by atoms with Crippen molar-refractivity contribution in [1.29, 1.82) is 0 Å². The molecule has 0 fully saturated rings. The quantitative estimate of drug-likeness (QED) is 0.181. The minimum Gasteiger partial charge on any atom is -0.355 e. The van der Waals surface area contributed by atoms with Gasteiger partial charge in [0, 0.05) is 44.3 Å². The van der Waals surface area contributed by atoms with Crippen LogP contribution in [0.1, 0.15) is 83.2 Å². The molecule has 1 aromatic heterocycles. The molecule has 55 heavy (non-hydrogen) atoms. The minimum absolute atomic E-state index is 0.0231. The van der Waals surface area contributed by atoms with Crippen molar-refractivity contribution in [3.05, 3.63) is 149 Å². The van der Waals surface area contributed by atoms with E-state index in [9.17, 15) is 0 Å². The maximum Gasteiger partial charge on any atom is 0.198 e. The second-order valence-electron chi connectivity index (χ2n) is 18.9. The molecular formula is C52H49BN2. The molecule has 270 valence electrons. The fourth-order valence-corrected chi connectivity index (χ4v) is 9.73. The van der Waals surface area contributed by atoms with Gasteiger partial charge in [-0.25, -0.2) is 0 Å². The third-order valence-electron chi connectivity index (χ3n) is 12.7. The molecule has 0 unspecified atom stereocenters. The number of benzene rings is 7. The van der Waals surface area contributed by atoms with Crippen LogP contribution < -0.4 is 16.2 Å². The highest BCUT2D eigenvalue weighted by molar-refractivity contribution is 6.73. The first-order valence-corrected chi connectivity index (χ1v) is 20.0. The van der Waals surface area contributed by atoms with Crippen molar-refractivity contribution in [2.24, 2.45) is 0 Å². The van der Waals surface area contributed by atoms with Gasteiger partial charge in [-0.15, -0.1) is 0 Å². The topological polar surface area (TPSA) is 17.0 Å². The smallest absolute Gasteiger partial charge is 0.198 e. The van der Waals surface area contributed by atoms with Crippen LogP contribution in [0.5, 0.6) is 0 Å². The molecule has 2 aliphatic rings. The van der Waals surface area contributed by atoms with Gasteiger partial charge in [0.1, 0.15) is 0 Å². The van der Waals surface area contributed by atoms with Crippen molar-refractivity contribution in [3.63, 3.8) is 0 Å². The summed E-state index contributed by atoms with van der Waals surface area (Å²) in [6.45, 7) is 21.0. The van der Waals surface area contributed by atoms with Crippen molar-refractivity contribution in [1.82, 2.24) is 4.57 Å². The molecule has 2 heterocycles. The zero-order valence-corrected chi connectivity index (χ0v) is 33.7. The second-order valence-corrected chi connectivity index (χ2v) is 18.9. The van der Waals surface area contributed by atoms with Crippen LogP contribution in [-0.2, 0) is 16.2 Å². The molecule has 1 aliphatic carbocycles. The Morgan fingerprint density at radius 3 is 2.13 bits per heavy atom. The first-order valence-electron chi connectivity index (χ1n) is 20.0. The number of aromatic nitrogens is 1. The molecular weight excluding hydrogens is 663 g/mol. The molecule has 3 heteroatoms. The molecule has 0 saturated carbocycles. The maximum absolute atomic E-state index is 3.98. The van der Waals surface area contributed by atoms with Gasteiger partial charge in [-0.05, 0) is 121 Å². The Labute approximate surface area is 326 Å². The Bertz CT molecular complexity index is 2930. The minimum atomic E-state index is -0.0231. The van der Waals surface area contributed by atoms with Gasteiger partial charge in [0.2, 0.25) is 0 Å². The van der Waals surface area contributed by atoms with Gasteiger partial charge in [-0.3, -0.25) is 0 Å². The normalized spacial score (nSPS) is 14.2. The predicted molar refractivity (Wildman–Crippen MR) is 240 cm³/mol. The van der Waals surface area contributed by atoms with E-state index in [-0.39, 0.29) is 16.2 Å². The SMILES string of the molecule is Cc1cc(-c2c(Nc3ccc4c(c3)-c3ccccc3C4(C)C)ccc3ccccc23)c2c(c1)-n1c3ccc(C(C)(C)C)cc3c3cc(C(C)(C)C)cc(c31)B2. The van der Waals surface area contributed by atoms with Crippen molar-refractivity contribution in [2.75, 3.05) is 5.32 Å². The summed E-state index contributed by atoms with van der Waals surface area (Å²) in [5.41, 5.74) is 21.1. The number of hydrogen-bond acceptors (Lipinski definition) is 1. The largest absolute Gasteiger partial charge is 0.355 e. The Balaban J connectivity index is 1.22. The third-order valence-corrected chi connectivity index (χ3v) is 12.7. The summed E-state index contributed by atoms with van der Waals surface area (Å²) in [6, 6.07) is 46.4. The summed E-state index contributed by atoms with van der Waals surface area (Å²) >= 11 is 0. The van der Waals surface area contributed by atoms with Crippen LogP contribution in [0.4, 0.5) is 11.4 Å². The van der Waals surface area contributed by atoms with Crippen molar-refractivity contribution < 1.29 is 0 Å². The highest BCUT2D eigenvalue weighted by atomic mass is 15.0. The van der Waals surface area contributed by atoms with Crippen molar-refractivity contribution in [3.8, 4) is 27.9 Å². The average Bonchev–Trinajstić information content (AvgIpc) is 3.60. The van der Waals surface area contributed by atoms with Crippen LogP contribution in [0.2, 0.25) is 0 Å². The summed E-state index contributed by atoms with van der Waals surface area (Å²) in [5.74, 6) is 0. The fraction of sp³-hybridized carbons (Fsp3) is 0.231. The fourth-order valence-electron chi connectivity index (χ4n) is 9.73. The lowest BCUT2D eigenvalue weighted by Crippen LogP contribution is -2.38.